The highest BCUT2D eigenvalue weighted by Gasteiger charge is 2.26. The van der Waals surface area contributed by atoms with Crippen LogP contribution >= 0.6 is 11.8 Å². The van der Waals surface area contributed by atoms with E-state index in [0.29, 0.717) is 28.6 Å². The quantitative estimate of drug-likeness (QED) is 0.758. The number of piperidine rings is 1. The highest BCUT2D eigenvalue weighted by molar-refractivity contribution is 7.99. The van der Waals surface area contributed by atoms with E-state index in [9.17, 15) is 9.59 Å². The molecular formula is C16H23N7O3S. The standard InChI is InChI=1S/C16H23N7O3S/c1-9-5-10(2)7-23(6-9)12(25)8-27-16-19-18-15(22(16)4)13-14(17-11(3)24)21-26-20-13/h9-10H,5-8H2,1-4H3,(H,17,21,24). The van der Waals surface area contributed by atoms with E-state index >= 15 is 0 Å². The van der Waals surface area contributed by atoms with Crippen LogP contribution in [-0.2, 0) is 16.6 Å². The van der Waals surface area contributed by atoms with E-state index in [-0.39, 0.29) is 23.3 Å². The van der Waals surface area contributed by atoms with Gasteiger partial charge in [-0.3, -0.25) is 9.59 Å². The number of nitrogens with one attached hydrogen (secondary N) is 1. The van der Waals surface area contributed by atoms with Crippen LogP contribution in [0.3, 0.4) is 0 Å². The predicted molar refractivity (Wildman–Crippen MR) is 98.8 cm³/mol. The van der Waals surface area contributed by atoms with Crippen molar-refractivity contribution in [2.24, 2.45) is 18.9 Å². The highest BCUT2D eigenvalue weighted by atomic mass is 32.2. The summed E-state index contributed by atoms with van der Waals surface area (Å²) in [5.74, 6) is 1.73. The van der Waals surface area contributed by atoms with E-state index in [1.165, 1.54) is 18.7 Å². The Morgan fingerprint density at radius 3 is 2.59 bits per heavy atom. The molecule has 3 rings (SSSR count). The number of amides is 2. The summed E-state index contributed by atoms with van der Waals surface area (Å²) >= 11 is 1.32. The van der Waals surface area contributed by atoms with Gasteiger partial charge in [-0.15, -0.1) is 10.2 Å². The van der Waals surface area contributed by atoms with Crippen LogP contribution in [0.2, 0.25) is 0 Å². The van der Waals surface area contributed by atoms with E-state index in [1.807, 2.05) is 4.90 Å². The number of hydrogen-bond acceptors (Lipinski definition) is 8. The molecule has 0 aromatic carbocycles. The molecule has 2 aromatic rings. The number of thioether (sulfide) groups is 1. The molecule has 146 valence electrons. The highest BCUT2D eigenvalue weighted by Crippen LogP contribution is 2.27. The van der Waals surface area contributed by atoms with Crippen LogP contribution in [0, 0.1) is 11.8 Å². The van der Waals surface area contributed by atoms with E-state index in [1.54, 1.807) is 11.6 Å². The largest absolute Gasteiger partial charge is 0.341 e. The molecule has 1 saturated heterocycles. The Balaban J connectivity index is 1.67. The van der Waals surface area contributed by atoms with Crippen molar-refractivity contribution in [3.05, 3.63) is 0 Å². The van der Waals surface area contributed by atoms with Gasteiger partial charge >= 0.3 is 0 Å². The zero-order valence-corrected chi connectivity index (χ0v) is 16.6. The first-order chi connectivity index (χ1) is 12.8. The number of hydrogen-bond donors (Lipinski definition) is 1. The minimum Gasteiger partial charge on any atom is -0.341 e. The molecule has 1 fully saturated rings. The average molecular weight is 393 g/mol. The van der Waals surface area contributed by atoms with E-state index in [4.69, 9.17) is 4.63 Å². The third-order valence-electron chi connectivity index (χ3n) is 4.38. The molecule has 2 amide bonds. The van der Waals surface area contributed by atoms with Crippen molar-refractivity contribution in [2.45, 2.75) is 32.3 Å². The molecule has 0 aliphatic carbocycles. The van der Waals surface area contributed by atoms with Gasteiger partial charge in [-0.2, -0.15) is 0 Å². The molecule has 0 spiro atoms. The van der Waals surface area contributed by atoms with E-state index in [2.05, 4.69) is 39.7 Å². The molecule has 1 aliphatic heterocycles. The number of aromatic nitrogens is 5. The second kappa shape index (κ2) is 8.07. The number of carbonyl (C=O) groups is 2. The molecule has 11 heteroatoms. The molecular weight excluding hydrogens is 370 g/mol. The molecule has 1 aliphatic rings. The van der Waals surface area contributed by atoms with Gasteiger partial charge in [-0.25, -0.2) is 4.63 Å². The molecule has 1 N–H and O–H groups in total. The van der Waals surface area contributed by atoms with E-state index in [0.717, 1.165) is 19.5 Å². The molecule has 0 bridgehead atoms. The van der Waals surface area contributed by atoms with Crippen LogP contribution in [-0.4, -0.2) is 60.6 Å². The zero-order chi connectivity index (χ0) is 19.6. The number of anilines is 1. The van der Waals surface area contributed by atoms with E-state index < -0.39 is 0 Å². The van der Waals surface area contributed by atoms with Crippen molar-refractivity contribution in [3.63, 3.8) is 0 Å². The lowest BCUT2D eigenvalue weighted by atomic mass is 9.92. The van der Waals surface area contributed by atoms with Crippen LogP contribution in [0.1, 0.15) is 27.2 Å². The van der Waals surface area contributed by atoms with Gasteiger partial charge in [0.05, 0.1) is 5.75 Å². The monoisotopic (exact) mass is 393 g/mol. The number of nitrogens with zero attached hydrogens (tertiary/aromatic N) is 6. The second-order valence-corrected chi connectivity index (χ2v) is 7.98. The molecule has 0 saturated carbocycles. The lowest BCUT2D eigenvalue weighted by molar-refractivity contribution is -0.131. The Labute approximate surface area is 161 Å². The summed E-state index contributed by atoms with van der Waals surface area (Å²) in [6.45, 7) is 7.33. The molecule has 3 heterocycles. The molecule has 2 unspecified atom stereocenters. The van der Waals surface area contributed by atoms with Crippen molar-refractivity contribution in [1.82, 2.24) is 30.0 Å². The van der Waals surface area contributed by atoms with Crippen molar-refractivity contribution in [2.75, 3.05) is 24.2 Å². The van der Waals surface area contributed by atoms with Crippen molar-refractivity contribution >= 4 is 29.4 Å². The number of rotatable bonds is 5. The topological polar surface area (TPSA) is 119 Å². The minimum absolute atomic E-state index is 0.102. The fraction of sp³-hybridized carbons (Fsp3) is 0.625. The van der Waals surface area contributed by atoms with Crippen LogP contribution < -0.4 is 5.32 Å². The van der Waals surface area contributed by atoms with Crippen molar-refractivity contribution in [3.8, 4) is 11.5 Å². The van der Waals surface area contributed by atoms with Gasteiger partial charge in [-0.05, 0) is 28.6 Å². The summed E-state index contributed by atoms with van der Waals surface area (Å²) in [6.07, 6.45) is 1.16. The van der Waals surface area contributed by atoms with Crippen molar-refractivity contribution < 1.29 is 14.2 Å². The number of carbonyl (C=O) groups excluding carboxylic acids is 2. The van der Waals surface area contributed by atoms with Gasteiger partial charge < -0.3 is 14.8 Å². The second-order valence-electron chi connectivity index (χ2n) is 7.04. The summed E-state index contributed by atoms with van der Waals surface area (Å²) in [4.78, 5) is 25.7. The Bertz CT molecular complexity index is 824. The third kappa shape index (κ3) is 4.46. The first-order valence-corrected chi connectivity index (χ1v) is 9.74. The van der Waals surface area contributed by atoms with Gasteiger partial charge in [-0.1, -0.05) is 25.6 Å². The van der Waals surface area contributed by atoms with Gasteiger partial charge in [0.15, 0.2) is 16.7 Å². The lowest BCUT2D eigenvalue weighted by Gasteiger charge is -2.34. The first-order valence-electron chi connectivity index (χ1n) is 8.75. The summed E-state index contributed by atoms with van der Waals surface area (Å²) < 4.78 is 6.40. The van der Waals surface area contributed by atoms with Crippen LogP contribution in [0.25, 0.3) is 11.5 Å². The zero-order valence-electron chi connectivity index (χ0n) is 15.8. The summed E-state index contributed by atoms with van der Waals surface area (Å²) in [7, 11) is 1.76. The first kappa shape index (κ1) is 19.3. The molecule has 0 radical (unpaired) electrons. The van der Waals surface area contributed by atoms with Crippen LogP contribution in [0.4, 0.5) is 5.82 Å². The normalized spacial score (nSPS) is 19.9. The van der Waals surface area contributed by atoms with Gasteiger partial charge in [0, 0.05) is 27.1 Å². The Morgan fingerprint density at radius 1 is 1.22 bits per heavy atom. The maximum Gasteiger partial charge on any atom is 0.233 e. The molecule has 2 atom stereocenters. The predicted octanol–water partition coefficient (Wildman–Crippen LogP) is 1.42. The fourth-order valence-electron chi connectivity index (χ4n) is 3.31. The SMILES string of the molecule is CC(=O)Nc1nonc1-c1nnc(SCC(=O)N2CC(C)CC(C)C2)n1C. The Morgan fingerprint density at radius 2 is 1.93 bits per heavy atom. The van der Waals surface area contributed by atoms with Crippen LogP contribution in [0.15, 0.2) is 9.79 Å². The summed E-state index contributed by atoms with van der Waals surface area (Å²) in [5, 5.41) is 18.8. The minimum atomic E-state index is -0.292. The molecule has 2 aromatic heterocycles. The smallest absolute Gasteiger partial charge is 0.233 e. The van der Waals surface area contributed by atoms with Crippen LogP contribution in [0.5, 0.6) is 0 Å². The third-order valence-corrected chi connectivity index (χ3v) is 5.38. The Kier molecular flexibility index (Phi) is 5.78. The molecule has 10 nitrogen and oxygen atoms in total. The fourth-order valence-corrected chi connectivity index (χ4v) is 4.13. The maximum absolute atomic E-state index is 12.5. The summed E-state index contributed by atoms with van der Waals surface area (Å²) in [6, 6.07) is 0. The Hall–Kier alpha value is -2.43. The number of likely N-dealkylation sites (tertiary alicyclic amines) is 1. The summed E-state index contributed by atoms with van der Waals surface area (Å²) in [5.41, 5.74) is 0.289. The van der Waals surface area contributed by atoms with Gasteiger partial charge in [0.2, 0.25) is 17.6 Å². The average Bonchev–Trinajstić information content (AvgIpc) is 3.17. The maximum atomic E-state index is 12.5. The van der Waals surface area contributed by atoms with Crippen molar-refractivity contribution in [1.29, 1.82) is 0 Å². The lowest BCUT2D eigenvalue weighted by Crippen LogP contribution is -2.43. The van der Waals surface area contributed by atoms with Gasteiger partial charge in [0.25, 0.3) is 0 Å². The molecule has 27 heavy (non-hydrogen) atoms. The van der Waals surface area contributed by atoms with Gasteiger partial charge in [0.1, 0.15) is 0 Å².